The van der Waals surface area contributed by atoms with Crippen LogP contribution in [0.2, 0.25) is 0 Å². The van der Waals surface area contributed by atoms with E-state index < -0.39 is 17.3 Å². The number of ether oxygens (including phenoxy) is 1. The average Bonchev–Trinajstić information content (AvgIpc) is 2.28. The summed E-state index contributed by atoms with van der Waals surface area (Å²) in [7, 11) is 0. The van der Waals surface area contributed by atoms with E-state index in [1.165, 1.54) is 0 Å². The smallest absolute Gasteiger partial charge is 0.338 e. The van der Waals surface area contributed by atoms with Gasteiger partial charge >= 0.3 is 5.97 Å². The van der Waals surface area contributed by atoms with Crippen LogP contribution < -0.4 is 0 Å². The van der Waals surface area contributed by atoms with Crippen molar-refractivity contribution in [3.8, 4) is 6.07 Å². The molecule has 0 aliphatic rings. The first-order valence-electron chi connectivity index (χ1n) is 4.50. The average molecular weight is 221 g/mol. The fourth-order valence-electron chi connectivity index (χ4n) is 1.18. The number of hydrogen-bond acceptors (Lipinski definition) is 4. The van der Waals surface area contributed by atoms with Gasteiger partial charge in [-0.2, -0.15) is 5.26 Å². The zero-order chi connectivity index (χ0) is 12.1. The first-order valence-corrected chi connectivity index (χ1v) is 4.50. The third kappa shape index (κ3) is 2.23. The summed E-state index contributed by atoms with van der Waals surface area (Å²) in [4.78, 5) is 22.0. The van der Waals surface area contributed by atoms with Crippen molar-refractivity contribution in [3.63, 3.8) is 0 Å². The largest absolute Gasteiger partial charge is 0.462 e. The molecule has 0 bridgehead atoms. The highest BCUT2D eigenvalue weighted by Gasteiger charge is 2.17. The summed E-state index contributed by atoms with van der Waals surface area (Å²) in [6, 6.07) is 3.72. The molecule has 82 valence electrons. The van der Waals surface area contributed by atoms with Crippen molar-refractivity contribution >= 4 is 12.3 Å². The Morgan fingerprint density at radius 2 is 2.31 bits per heavy atom. The summed E-state index contributed by atoms with van der Waals surface area (Å²) in [5.41, 5.74) is -0.656. The van der Waals surface area contributed by atoms with Gasteiger partial charge in [0.2, 0.25) is 0 Å². The van der Waals surface area contributed by atoms with E-state index >= 15 is 0 Å². The molecule has 0 aliphatic heterocycles. The first-order chi connectivity index (χ1) is 7.63. The Morgan fingerprint density at radius 1 is 1.62 bits per heavy atom. The van der Waals surface area contributed by atoms with Crippen LogP contribution in [-0.4, -0.2) is 18.9 Å². The number of carbonyl (C=O) groups is 2. The summed E-state index contributed by atoms with van der Waals surface area (Å²) in [5, 5.41) is 8.60. The van der Waals surface area contributed by atoms with Gasteiger partial charge in [-0.3, -0.25) is 4.79 Å². The first kappa shape index (κ1) is 11.9. The van der Waals surface area contributed by atoms with Gasteiger partial charge in [0, 0.05) is 0 Å². The van der Waals surface area contributed by atoms with Gasteiger partial charge in [-0.25, -0.2) is 9.18 Å². The molecule has 0 unspecified atom stereocenters. The maximum absolute atomic E-state index is 13.3. The number of esters is 1. The third-order valence-corrected chi connectivity index (χ3v) is 1.87. The number of nitriles is 1. The summed E-state index contributed by atoms with van der Waals surface area (Å²) in [6.07, 6.45) is 0.225. The van der Waals surface area contributed by atoms with E-state index in [4.69, 9.17) is 5.26 Å². The molecule has 4 nitrogen and oxygen atoms in total. The van der Waals surface area contributed by atoms with Crippen LogP contribution in [0.15, 0.2) is 12.1 Å². The lowest BCUT2D eigenvalue weighted by Crippen LogP contribution is -2.10. The molecule has 1 aromatic rings. The maximum atomic E-state index is 13.3. The van der Waals surface area contributed by atoms with Gasteiger partial charge in [0.25, 0.3) is 0 Å². The molecule has 5 heteroatoms. The molecule has 0 atom stereocenters. The second kappa shape index (κ2) is 5.03. The Bertz CT molecular complexity index is 477. The molecule has 0 saturated heterocycles. The van der Waals surface area contributed by atoms with Gasteiger partial charge < -0.3 is 4.74 Å². The fraction of sp³-hybridized carbons (Fsp3) is 0.182. The molecular formula is C11H8FNO3. The standard InChI is InChI=1S/C11H8FNO3/c1-2-16-11(15)8-3-7(5-13)4-10(12)9(8)6-14/h3-4,6H,2H2,1H3. The number of aldehydes is 1. The molecule has 0 N–H and O–H groups in total. The number of halogens is 1. The molecule has 0 aromatic heterocycles. The van der Waals surface area contributed by atoms with Crippen molar-refractivity contribution < 1.29 is 18.7 Å². The van der Waals surface area contributed by atoms with Gasteiger partial charge in [0.05, 0.1) is 29.4 Å². The number of benzene rings is 1. The van der Waals surface area contributed by atoms with Crippen LogP contribution in [0.4, 0.5) is 4.39 Å². The van der Waals surface area contributed by atoms with E-state index in [9.17, 15) is 14.0 Å². The predicted octanol–water partition coefficient (Wildman–Crippen LogP) is 1.69. The molecule has 0 radical (unpaired) electrons. The summed E-state index contributed by atoms with van der Waals surface area (Å²) < 4.78 is 18.0. The van der Waals surface area contributed by atoms with E-state index in [1.54, 1.807) is 13.0 Å². The second-order valence-corrected chi connectivity index (χ2v) is 2.87. The monoisotopic (exact) mass is 221 g/mol. The van der Waals surface area contributed by atoms with Crippen LogP contribution in [0.5, 0.6) is 0 Å². The fourth-order valence-corrected chi connectivity index (χ4v) is 1.18. The van der Waals surface area contributed by atoms with Gasteiger partial charge in [-0.15, -0.1) is 0 Å². The number of rotatable bonds is 3. The molecule has 1 rings (SSSR count). The number of carbonyl (C=O) groups excluding carboxylic acids is 2. The van der Waals surface area contributed by atoms with E-state index in [-0.39, 0.29) is 24.0 Å². The summed E-state index contributed by atoms with van der Waals surface area (Å²) in [6.45, 7) is 1.69. The van der Waals surface area contributed by atoms with E-state index in [2.05, 4.69) is 4.74 Å². The van der Waals surface area contributed by atoms with Crippen molar-refractivity contribution in [2.75, 3.05) is 6.61 Å². The number of nitrogens with zero attached hydrogens (tertiary/aromatic N) is 1. The van der Waals surface area contributed by atoms with E-state index in [0.29, 0.717) is 0 Å². The number of hydrogen-bond donors (Lipinski definition) is 0. The molecule has 0 spiro atoms. The summed E-state index contributed by atoms with van der Waals surface area (Å²) >= 11 is 0. The lowest BCUT2D eigenvalue weighted by atomic mass is 10.0. The van der Waals surface area contributed by atoms with Crippen molar-refractivity contribution in [2.24, 2.45) is 0 Å². The maximum Gasteiger partial charge on any atom is 0.338 e. The summed E-state index contributed by atoms with van der Waals surface area (Å²) in [5.74, 6) is -1.72. The van der Waals surface area contributed by atoms with E-state index in [1.807, 2.05) is 0 Å². The molecule has 0 amide bonds. The Balaban J connectivity index is 3.35. The normalized spacial score (nSPS) is 9.31. The Morgan fingerprint density at radius 3 is 2.81 bits per heavy atom. The van der Waals surface area contributed by atoms with Gasteiger partial charge in [0.1, 0.15) is 5.82 Å². The molecule has 0 fully saturated rings. The van der Waals surface area contributed by atoms with Crippen LogP contribution in [0.25, 0.3) is 0 Å². The lowest BCUT2D eigenvalue weighted by molar-refractivity contribution is 0.0523. The van der Waals surface area contributed by atoms with Crippen molar-refractivity contribution in [1.82, 2.24) is 0 Å². The molecule has 0 aliphatic carbocycles. The lowest BCUT2D eigenvalue weighted by Gasteiger charge is -2.05. The minimum atomic E-state index is -0.905. The van der Waals surface area contributed by atoms with Crippen molar-refractivity contribution in [1.29, 1.82) is 5.26 Å². The zero-order valence-electron chi connectivity index (χ0n) is 8.49. The molecular weight excluding hydrogens is 213 g/mol. The Labute approximate surface area is 91.3 Å². The zero-order valence-corrected chi connectivity index (χ0v) is 8.49. The predicted molar refractivity (Wildman–Crippen MR) is 52.5 cm³/mol. The highest BCUT2D eigenvalue weighted by Crippen LogP contribution is 2.15. The highest BCUT2D eigenvalue weighted by atomic mass is 19.1. The van der Waals surface area contributed by atoms with Gasteiger partial charge in [0.15, 0.2) is 6.29 Å². The highest BCUT2D eigenvalue weighted by molar-refractivity contribution is 5.98. The third-order valence-electron chi connectivity index (χ3n) is 1.87. The van der Waals surface area contributed by atoms with Crippen molar-refractivity contribution in [2.45, 2.75) is 6.92 Å². The molecule has 1 aromatic carbocycles. The molecule has 0 heterocycles. The van der Waals surface area contributed by atoms with Crippen LogP contribution in [-0.2, 0) is 4.74 Å². The SMILES string of the molecule is CCOC(=O)c1cc(C#N)cc(F)c1C=O. The van der Waals surface area contributed by atoms with Crippen molar-refractivity contribution in [3.05, 3.63) is 34.6 Å². The Hall–Kier alpha value is -2.22. The quantitative estimate of drug-likeness (QED) is 0.575. The minimum Gasteiger partial charge on any atom is -0.462 e. The molecule has 0 saturated carbocycles. The topological polar surface area (TPSA) is 67.2 Å². The van der Waals surface area contributed by atoms with Crippen LogP contribution in [0.1, 0.15) is 33.2 Å². The van der Waals surface area contributed by atoms with E-state index in [0.717, 1.165) is 12.1 Å². The second-order valence-electron chi connectivity index (χ2n) is 2.87. The minimum absolute atomic E-state index is 0.0360. The van der Waals surface area contributed by atoms with Crippen LogP contribution >= 0.6 is 0 Å². The Kier molecular flexibility index (Phi) is 3.72. The van der Waals surface area contributed by atoms with Crippen LogP contribution in [0, 0.1) is 17.1 Å². The van der Waals surface area contributed by atoms with Crippen LogP contribution in [0.3, 0.4) is 0 Å². The molecule has 16 heavy (non-hydrogen) atoms. The van der Waals surface area contributed by atoms with Gasteiger partial charge in [-0.1, -0.05) is 0 Å². The van der Waals surface area contributed by atoms with Gasteiger partial charge in [-0.05, 0) is 19.1 Å².